The number of amides is 2. The lowest BCUT2D eigenvalue weighted by Gasteiger charge is -2.14. The number of para-hydroxylation sites is 1. The van der Waals surface area contributed by atoms with Crippen molar-refractivity contribution >= 4 is 29.1 Å². The fraction of sp³-hybridized carbons (Fsp3) is 0.467. The molecule has 4 nitrogen and oxygen atoms in total. The van der Waals surface area contributed by atoms with Crippen LogP contribution in [-0.2, 0) is 4.79 Å². The van der Waals surface area contributed by atoms with Gasteiger partial charge in [0.15, 0.2) is 0 Å². The third-order valence-electron chi connectivity index (χ3n) is 2.78. The first-order chi connectivity index (χ1) is 9.45. The first-order valence-electron chi connectivity index (χ1n) is 6.69. The maximum Gasteiger partial charge on any atom is 0.253 e. The summed E-state index contributed by atoms with van der Waals surface area (Å²) in [6, 6.07) is 6.95. The molecule has 20 heavy (non-hydrogen) atoms. The molecule has 0 spiro atoms. The van der Waals surface area contributed by atoms with Crippen LogP contribution in [0, 0.1) is 11.8 Å². The van der Waals surface area contributed by atoms with Gasteiger partial charge in [-0.25, -0.2) is 0 Å². The zero-order valence-electron chi connectivity index (χ0n) is 12.1. The van der Waals surface area contributed by atoms with E-state index >= 15 is 0 Å². The molecule has 2 N–H and O–H groups in total. The van der Waals surface area contributed by atoms with Crippen LogP contribution in [0.25, 0.3) is 0 Å². The van der Waals surface area contributed by atoms with Gasteiger partial charge in [-0.3, -0.25) is 9.59 Å². The number of alkyl halides is 1. The van der Waals surface area contributed by atoms with Gasteiger partial charge in [0.25, 0.3) is 5.91 Å². The van der Waals surface area contributed by atoms with E-state index in [1.54, 1.807) is 31.2 Å². The Kier molecular flexibility index (Phi) is 6.52. The van der Waals surface area contributed by atoms with Crippen molar-refractivity contribution in [3.05, 3.63) is 29.8 Å². The number of anilines is 1. The summed E-state index contributed by atoms with van der Waals surface area (Å²) in [6.45, 7) is 6.38. The molecule has 2 amide bonds. The Morgan fingerprint density at radius 2 is 1.85 bits per heavy atom. The highest BCUT2D eigenvalue weighted by Gasteiger charge is 2.16. The van der Waals surface area contributed by atoms with Gasteiger partial charge in [0, 0.05) is 18.3 Å². The summed E-state index contributed by atoms with van der Waals surface area (Å²) in [7, 11) is 0. The van der Waals surface area contributed by atoms with Gasteiger partial charge in [0.1, 0.15) is 0 Å². The van der Waals surface area contributed by atoms with Crippen LogP contribution in [0.4, 0.5) is 5.69 Å². The number of nitrogens with one attached hydrogen (secondary N) is 2. The molecule has 0 saturated heterocycles. The smallest absolute Gasteiger partial charge is 0.253 e. The highest BCUT2D eigenvalue weighted by atomic mass is 35.5. The number of rotatable bonds is 6. The van der Waals surface area contributed by atoms with Gasteiger partial charge < -0.3 is 10.6 Å². The Balaban J connectivity index is 2.82. The second-order valence-corrected chi connectivity index (χ2v) is 5.50. The molecule has 0 heterocycles. The van der Waals surface area contributed by atoms with E-state index in [2.05, 4.69) is 10.6 Å². The second-order valence-electron chi connectivity index (χ2n) is 5.19. The first-order valence-corrected chi connectivity index (χ1v) is 7.23. The molecule has 0 aliphatic carbocycles. The average Bonchev–Trinajstić information content (AvgIpc) is 2.44. The maximum absolute atomic E-state index is 12.1. The maximum atomic E-state index is 12.1. The summed E-state index contributed by atoms with van der Waals surface area (Å²) >= 11 is 5.66. The predicted octanol–water partition coefficient (Wildman–Crippen LogP) is 2.89. The number of benzene rings is 1. The predicted molar refractivity (Wildman–Crippen MR) is 82.1 cm³/mol. The highest BCUT2D eigenvalue weighted by molar-refractivity contribution is 6.19. The molecule has 0 fully saturated rings. The average molecular weight is 297 g/mol. The summed E-state index contributed by atoms with van der Waals surface area (Å²) in [5.74, 6) is -0.0641. The molecule has 1 atom stereocenters. The van der Waals surface area contributed by atoms with Crippen molar-refractivity contribution in [1.29, 1.82) is 0 Å². The molecule has 5 heteroatoms. The Bertz CT molecular complexity index is 475. The van der Waals surface area contributed by atoms with E-state index in [0.29, 0.717) is 23.7 Å². The summed E-state index contributed by atoms with van der Waals surface area (Å²) in [4.78, 5) is 24.0. The van der Waals surface area contributed by atoms with Crippen LogP contribution in [-0.4, -0.2) is 24.2 Å². The molecule has 0 aliphatic heterocycles. The van der Waals surface area contributed by atoms with Gasteiger partial charge in [-0.15, -0.1) is 11.6 Å². The van der Waals surface area contributed by atoms with E-state index in [-0.39, 0.29) is 23.6 Å². The third-order valence-corrected chi connectivity index (χ3v) is 3.24. The van der Waals surface area contributed by atoms with E-state index in [4.69, 9.17) is 11.6 Å². The Morgan fingerprint density at radius 3 is 2.45 bits per heavy atom. The van der Waals surface area contributed by atoms with Crippen molar-refractivity contribution in [2.45, 2.75) is 20.8 Å². The van der Waals surface area contributed by atoms with Gasteiger partial charge in [-0.1, -0.05) is 32.9 Å². The molecule has 0 aliphatic rings. The molecular weight excluding hydrogens is 276 g/mol. The Morgan fingerprint density at radius 1 is 1.20 bits per heavy atom. The SMILES string of the molecule is CC(C)CNC(=O)c1ccccc1NC(=O)C(C)CCl. The lowest BCUT2D eigenvalue weighted by molar-refractivity contribution is -0.118. The highest BCUT2D eigenvalue weighted by Crippen LogP contribution is 2.16. The molecule has 110 valence electrons. The standard InChI is InChI=1S/C15H21ClN2O2/c1-10(2)9-17-15(20)12-6-4-5-7-13(12)18-14(19)11(3)8-16/h4-7,10-11H,8-9H2,1-3H3,(H,17,20)(H,18,19). The minimum Gasteiger partial charge on any atom is -0.352 e. The number of hydrogen-bond donors (Lipinski definition) is 2. The van der Waals surface area contributed by atoms with E-state index in [1.807, 2.05) is 13.8 Å². The van der Waals surface area contributed by atoms with Crippen molar-refractivity contribution in [1.82, 2.24) is 5.32 Å². The van der Waals surface area contributed by atoms with Crippen molar-refractivity contribution in [2.24, 2.45) is 11.8 Å². The van der Waals surface area contributed by atoms with Crippen LogP contribution in [0.5, 0.6) is 0 Å². The van der Waals surface area contributed by atoms with Crippen LogP contribution in [0.3, 0.4) is 0 Å². The van der Waals surface area contributed by atoms with Crippen molar-refractivity contribution in [3.63, 3.8) is 0 Å². The molecule has 1 rings (SSSR count). The fourth-order valence-electron chi connectivity index (χ4n) is 1.51. The van der Waals surface area contributed by atoms with Gasteiger partial charge in [0.05, 0.1) is 11.3 Å². The Hall–Kier alpha value is -1.55. The summed E-state index contributed by atoms with van der Waals surface area (Å²) in [5, 5.41) is 5.58. The minimum atomic E-state index is -0.302. The topological polar surface area (TPSA) is 58.2 Å². The number of halogens is 1. The molecule has 0 radical (unpaired) electrons. The zero-order valence-corrected chi connectivity index (χ0v) is 12.8. The van der Waals surface area contributed by atoms with Crippen molar-refractivity contribution in [2.75, 3.05) is 17.7 Å². The second kappa shape index (κ2) is 7.90. The van der Waals surface area contributed by atoms with Gasteiger partial charge in [-0.2, -0.15) is 0 Å². The number of carbonyl (C=O) groups is 2. The minimum absolute atomic E-state index is 0.187. The number of hydrogen-bond acceptors (Lipinski definition) is 2. The van der Waals surface area contributed by atoms with E-state index in [9.17, 15) is 9.59 Å². The molecular formula is C15H21ClN2O2. The molecule has 1 aromatic carbocycles. The molecule has 0 saturated carbocycles. The fourth-order valence-corrected chi connectivity index (χ4v) is 1.65. The summed E-state index contributed by atoms with van der Waals surface area (Å²) in [6.07, 6.45) is 0. The lowest BCUT2D eigenvalue weighted by atomic mass is 10.1. The van der Waals surface area contributed by atoms with Crippen LogP contribution >= 0.6 is 11.6 Å². The van der Waals surface area contributed by atoms with E-state index < -0.39 is 0 Å². The molecule has 1 unspecified atom stereocenters. The van der Waals surface area contributed by atoms with E-state index in [0.717, 1.165) is 0 Å². The zero-order chi connectivity index (χ0) is 15.1. The van der Waals surface area contributed by atoms with E-state index in [1.165, 1.54) is 0 Å². The lowest BCUT2D eigenvalue weighted by Crippen LogP contribution is -2.29. The van der Waals surface area contributed by atoms with Crippen molar-refractivity contribution < 1.29 is 9.59 Å². The van der Waals surface area contributed by atoms with Gasteiger partial charge in [0.2, 0.25) is 5.91 Å². The normalized spacial score (nSPS) is 12.1. The summed E-state index contributed by atoms with van der Waals surface area (Å²) in [5.41, 5.74) is 0.971. The Labute approximate surface area is 124 Å². The quantitative estimate of drug-likeness (QED) is 0.793. The van der Waals surface area contributed by atoms with Gasteiger partial charge >= 0.3 is 0 Å². The first kappa shape index (κ1) is 16.5. The third kappa shape index (κ3) is 4.85. The van der Waals surface area contributed by atoms with Crippen LogP contribution in [0.2, 0.25) is 0 Å². The number of carbonyl (C=O) groups excluding carboxylic acids is 2. The molecule has 0 aromatic heterocycles. The molecule has 0 bridgehead atoms. The van der Waals surface area contributed by atoms with Crippen LogP contribution in [0.15, 0.2) is 24.3 Å². The largest absolute Gasteiger partial charge is 0.352 e. The van der Waals surface area contributed by atoms with Gasteiger partial charge in [-0.05, 0) is 18.1 Å². The van der Waals surface area contributed by atoms with Crippen LogP contribution < -0.4 is 10.6 Å². The monoisotopic (exact) mass is 296 g/mol. The molecule has 1 aromatic rings. The summed E-state index contributed by atoms with van der Waals surface area (Å²) < 4.78 is 0. The van der Waals surface area contributed by atoms with Crippen molar-refractivity contribution in [3.8, 4) is 0 Å². The van der Waals surface area contributed by atoms with Crippen LogP contribution in [0.1, 0.15) is 31.1 Å².